The average molecular weight is 393 g/mol. The van der Waals surface area contributed by atoms with Crippen molar-refractivity contribution in [1.82, 2.24) is 9.97 Å². The summed E-state index contributed by atoms with van der Waals surface area (Å²) in [6.45, 7) is 2.56. The van der Waals surface area contributed by atoms with E-state index < -0.39 is 12.8 Å². The molecule has 1 aliphatic rings. The van der Waals surface area contributed by atoms with Gasteiger partial charge in [0.25, 0.3) is 0 Å². The highest BCUT2D eigenvalue weighted by Crippen LogP contribution is 2.23. The molecule has 2 aromatic rings. The number of aromatic nitrogens is 2. The molecule has 0 radical (unpaired) electrons. The van der Waals surface area contributed by atoms with Crippen molar-refractivity contribution >= 4 is 11.6 Å². The topological polar surface area (TPSA) is 55.3 Å². The molecular formula is C20H22F3N3O2. The van der Waals surface area contributed by atoms with Crippen LogP contribution in [0.4, 0.5) is 19.0 Å². The normalized spacial score (nSPS) is 15.1. The van der Waals surface area contributed by atoms with Gasteiger partial charge in [-0.2, -0.15) is 13.2 Å². The van der Waals surface area contributed by atoms with Gasteiger partial charge in [-0.1, -0.05) is 13.0 Å². The minimum absolute atomic E-state index is 0.0490. The van der Waals surface area contributed by atoms with Crippen molar-refractivity contribution in [1.29, 1.82) is 0 Å². The van der Waals surface area contributed by atoms with Gasteiger partial charge in [-0.05, 0) is 30.2 Å². The number of halogens is 3. The van der Waals surface area contributed by atoms with E-state index in [0.717, 1.165) is 24.5 Å². The molecule has 2 aromatic heterocycles. The number of hydrogen-bond acceptors (Lipinski definition) is 5. The maximum Gasteiger partial charge on any atom is 0.422 e. The fraction of sp³-hybridized carbons (Fsp3) is 0.450. The summed E-state index contributed by atoms with van der Waals surface area (Å²) in [7, 11) is 0. The Morgan fingerprint density at radius 2 is 1.96 bits per heavy atom. The maximum atomic E-state index is 12.3. The number of rotatable bonds is 8. The van der Waals surface area contributed by atoms with E-state index in [1.807, 2.05) is 19.1 Å². The standard InChI is InChI=1S/C20H22F3N3O2/c1-14(18-5-4-17(12-24-18)28-13-20(21,22)23)9-16(27)10-15-3-6-19(25-11-15)26-7-2-8-26/h3-6,11-12,14H,2,7-10,13H2,1H3/t14-/m0/s1. The molecule has 0 saturated carbocycles. The van der Waals surface area contributed by atoms with Gasteiger partial charge in [0.2, 0.25) is 0 Å². The second-order valence-electron chi connectivity index (χ2n) is 7.01. The third-order valence-electron chi connectivity index (χ3n) is 4.59. The highest BCUT2D eigenvalue weighted by Gasteiger charge is 2.28. The molecule has 0 bridgehead atoms. The van der Waals surface area contributed by atoms with Gasteiger partial charge in [0.05, 0.1) is 6.20 Å². The predicted molar refractivity (Wildman–Crippen MR) is 98.6 cm³/mol. The second-order valence-corrected chi connectivity index (χ2v) is 7.01. The number of ketones is 1. The largest absolute Gasteiger partial charge is 0.483 e. The van der Waals surface area contributed by atoms with Crippen molar-refractivity contribution in [2.45, 2.75) is 38.3 Å². The number of nitrogens with zero attached hydrogens (tertiary/aromatic N) is 3. The summed E-state index contributed by atoms with van der Waals surface area (Å²) in [4.78, 5) is 23.1. The summed E-state index contributed by atoms with van der Waals surface area (Å²) in [6, 6.07) is 6.89. The van der Waals surface area contributed by atoms with Gasteiger partial charge >= 0.3 is 6.18 Å². The van der Waals surface area contributed by atoms with E-state index >= 15 is 0 Å². The summed E-state index contributed by atoms with van der Waals surface area (Å²) in [6.07, 6.45) is 0.375. The molecule has 0 unspecified atom stereocenters. The summed E-state index contributed by atoms with van der Waals surface area (Å²) in [5.41, 5.74) is 1.50. The molecule has 0 spiro atoms. The zero-order valence-corrected chi connectivity index (χ0v) is 15.6. The lowest BCUT2D eigenvalue weighted by molar-refractivity contribution is -0.153. The van der Waals surface area contributed by atoms with Gasteiger partial charge in [-0.3, -0.25) is 9.78 Å². The van der Waals surface area contributed by atoms with Crippen molar-refractivity contribution < 1.29 is 22.7 Å². The third kappa shape index (κ3) is 5.68. The number of Topliss-reactive ketones (excluding diaryl/α,β-unsaturated/α-hetero) is 1. The van der Waals surface area contributed by atoms with Crippen LogP contribution in [0.2, 0.25) is 0 Å². The summed E-state index contributed by atoms with van der Waals surface area (Å²) >= 11 is 0. The molecule has 150 valence electrons. The lowest BCUT2D eigenvalue weighted by atomic mass is 9.97. The van der Waals surface area contributed by atoms with Gasteiger partial charge in [0, 0.05) is 43.7 Å². The number of carbonyl (C=O) groups excluding carboxylic acids is 1. The smallest absolute Gasteiger partial charge is 0.422 e. The van der Waals surface area contributed by atoms with Crippen LogP contribution >= 0.6 is 0 Å². The van der Waals surface area contributed by atoms with Gasteiger partial charge < -0.3 is 9.64 Å². The quantitative estimate of drug-likeness (QED) is 0.680. The van der Waals surface area contributed by atoms with Crippen LogP contribution in [0.15, 0.2) is 36.7 Å². The maximum absolute atomic E-state index is 12.3. The molecule has 0 aromatic carbocycles. The fourth-order valence-corrected chi connectivity index (χ4v) is 2.93. The highest BCUT2D eigenvalue weighted by atomic mass is 19.4. The molecule has 5 nitrogen and oxygen atoms in total. The molecule has 1 atom stereocenters. The lowest BCUT2D eigenvalue weighted by Crippen LogP contribution is -2.37. The first-order chi connectivity index (χ1) is 13.3. The Balaban J connectivity index is 1.49. The molecule has 1 fully saturated rings. The predicted octanol–water partition coefficient (Wildman–Crippen LogP) is 3.93. The molecule has 8 heteroatoms. The second kappa shape index (κ2) is 8.58. The zero-order chi connectivity index (χ0) is 20.1. The fourth-order valence-electron chi connectivity index (χ4n) is 2.93. The van der Waals surface area contributed by atoms with E-state index in [2.05, 4.69) is 19.6 Å². The summed E-state index contributed by atoms with van der Waals surface area (Å²) in [5, 5.41) is 0. The zero-order valence-electron chi connectivity index (χ0n) is 15.6. The molecule has 1 saturated heterocycles. The average Bonchev–Trinajstić information content (AvgIpc) is 2.60. The molecular weight excluding hydrogens is 371 g/mol. The van der Waals surface area contributed by atoms with Gasteiger partial charge in [0.15, 0.2) is 6.61 Å². The molecule has 3 heterocycles. The minimum Gasteiger partial charge on any atom is -0.483 e. The molecule has 28 heavy (non-hydrogen) atoms. The molecule has 1 aliphatic heterocycles. The number of ether oxygens (including phenoxy) is 1. The van der Waals surface area contributed by atoms with Crippen molar-refractivity contribution in [3.8, 4) is 5.75 Å². The van der Waals surface area contributed by atoms with Crippen LogP contribution in [-0.2, 0) is 11.2 Å². The number of pyridine rings is 2. The molecule has 0 N–H and O–H groups in total. The van der Waals surface area contributed by atoms with E-state index in [0.29, 0.717) is 18.5 Å². The van der Waals surface area contributed by atoms with E-state index in [-0.39, 0.29) is 17.5 Å². The van der Waals surface area contributed by atoms with E-state index in [9.17, 15) is 18.0 Å². The van der Waals surface area contributed by atoms with Crippen LogP contribution < -0.4 is 9.64 Å². The van der Waals surface area contributed by atoms with Crippen LogP contribution in [0, 0.1) is 0 Å². The first kappa shape index (κ1) is 20.1. The number of hydrogen-bond donors (Lipinski definition) is 0. The van der Waals surface area contributed by atoms with Crippen LogP contribution in [-0.4, -0.2) is 41.6 Å². The van der Waals surface area contributed by atoms with E-state index in [4.69, 9.17) is 0 Å². The molecule has 3 rings (SSSR count). The Labute approximate surface area is 161 Å². The Morgan fingerprint density at radius 1 is 1.18 bits per heavy atom. The number of anilines is 1. The van der Waals surface area contributed by atoms with Gasteiger partial charge in [-0.25, -0.2) is 4.98 Å². The third-order valence-corrected chi connectivity index (χ3v) is 4.59. The first-order valence-electron chi connectivity index (χ1n) is 9.17. The van der Waals surface area contributed by atoms with Crippen LogP contribution in [0.25, 0.3) is 0 Å². The van der Waals surface area contributed by atoms with Crippen molar-refractivity contribution in [3.63, 3.8) is 0 Å². The highest BCUT2D eigenvalue weighted by molar-refractivity contribution is 5.81. The van der Waals surface area contributed by atoms with Gasteiger partial charge in [0.1, 0.15) is 17.4 Å². The van der Waals surface area contributed by atoms with Crippen molar-refractivity contribution in [2.75, 3.05) is 24.6 Å². The Bertz CT molecular complexity index is 788. The first-order valence-corrected chi connectivity index (χ1v) is 9.17. The molecule has 0 amide bonds. The Kier molecular flexibility index (Phi) is 6.16. The van der Waals surface area contributed by atoms with Crippen LogP contribution in [0.5, 0.6) is 5.75 Å². The SMILES string of the molecule is C[C@@H](CC(=O)Cc1ccc(N2CCC2)nc1)c1ccc(OCC(F)(F)F)cn1. The minimum atomic E-state index is -4.39. The van der Waals surface area contributed by atoms with Crippen LogP contribution in [0.1, 0.15) is 36.9 Å². The Morgan fingerprint density at radius 3 is 2.50 bits per heavy atom. The van der Waals surface area contributed by atoms with Gasteiger partial charge in [-0.15, -0.1) is 0 Å². The lowest BCUT2D eigenvalue weighted by Gasteiger charge is -2.31. The number of carbonyl (C=O) groups is 1. The summed E-state index contributed by atoms with van der Waals surface area (Å²) in [5.74, 6) is 0.906. The number of alkyl halides is 3. The summed E-state index contributed by atoms with van der Waals surface area (Å²) < 4.78 is 41.1. The van der Waals surface area contributed by atoms with Crippen LogP contribution in [0.3, 0.4) is 0 Å². The van der Waals surface area contributed by atoms with Crippen molar-refractivity contribution in [3.05, 3.63) is 47.9 Å². The molecule has 0 aliphatic carbocycles. The van der Waals surface area contributed by atoms with E-state index in [1.165, 1.54) is 18.7 Å². The Hall–Kier alpha value is -2.64. The van der Waals surface area contributed by atoms with E-state index in [1.54, 1.807) is 12.3 Å². The van der Waals surface area contributed by atoms with Crippen molar-refractivity contribution in [2.24, 2.45) is 0 Å². The monoisotopic (exact) mass is 393 g/mol.